The number of aliphatic hydroxyl groups excluding tert-OH is 2. The van der Waals surface area contributed by atoms with Gasteiger partial charge in [-0.25, -0.2) is 4.79 Å². The molecule has 0 spiro atoms. The van der Waals surface area contributed by atoms with E-state index in [2.05, 4.69) is 142 Å². The lowest BCUT2D eigenvalue weighted by Crippen LogP contribution is -2.61. The second-order valence-corrected chi connectivity index (χ2v) is 22.3. The maximum absolute atomic E-state index is 13.2. The number of esters is 3. The van der Waals surface area contributed by atoms with Gasteiger partial charge in [0.15, 0.2) is 24.6 Å². The van der Waals surface area contributed by atoms with E-state index in [0.717, 1.165) is 154 Å². The number of aliphatic hydroxyl groups is 2. The van der Waals surface area contributed by atoms with Crippen LogP contribution in [0, 0.1) is 0 Å². The summed E-state index contributed by atoms with van der Waals surface area (Å²) in [7, 11) is 0. The van der Waals surface area contributed by atoms with Crippen LogP contribution in [0.15, 0.2) is 122 Å². The number of ether oxygens (including phenoxy) is 5. The van der Waals surface area contributed by atoms with E-state index in [-0.39, 0.29) is 25.9 Å². The van der Waals surface area contributed by atoms with Gasteiger partial charge in [0, 0.05) is 19.3 Å². The van der Waals surface area contributed by atoms with Gasteiger partial charge in [0.1, 0.15) is 18.8 Å². The summed E-state index contributed by atoms with van der Waals surface area (Å²) in [4.78, 5) is 51.4. The third-order valence-electron chi connectivity index (χ3n) is 14.5. The Morgan fingerprint density at radius 2 is 0.741 bits per heavy atom. The monoisotopic (exact) mass is 1190 g/mol. The van der Waals surface area contributed by atoms with E-state index in [1.54, 1.807) is 0 Å². The summed E-state index contributed by atoms with van der Waals surface area (Å²) in [5.41, 5.74) is 0. The van der Waals surface area contributed by atoms with Crippen LogP contribution in [0.25, 0.3) is 0 Å². The number of carboxylic acids is 1. The number of rotatable bonds is 56. The predicted molar refractivity (Wildman–Crippen MR) is 349 cm³/mol. The molecule has 0 amide bonds. The van der Waals surface area contributed by atoms with Gasteiger partial charge in [0.25, 0.3) is 0 Å². The van der Waals surface area contributed by atoms with E-state index in [1.807, 2.05) is 0 Å². The van der Waals surface area contributed by atoms with Gasteiger partial charge in [-0.05, 0) is 128 Å². The molecule has 6 atom stereocenters. The summed E-state index contributed by atoms with van der Waals surface area (Å²) in [6.45, 7) is 5.73. The first-order chi connectivity index (χ1) is 41.6. The van der Waals surface area contributed by atoms with Crippen LogP contribution in [-0.2, 0) is 42.9 Å². The van der Waals surface area contributed by atoms with E-state index in [4.69, 9.17) is 23.7 Å². The van der Waals surface area contributed by atoms with Crippen molar-refractivity contribution in [3.8, 4) is 0 Å². The molecule has 3 N–H and O–H groups in total. The lowest BCUT2D eigenvalue weighted by Gasteiger charge is -2.40. The molecule has 1 heterocycles. The summed E-state index contributed by atoms with van der Waals surface area (Å²) >= 11 is 0. The Bertz CT molecular complexity index is 1940. The summed E-state index contributed by atoms with van der Waals surface area (Å²) in [6, 6.07) is 0. The number of hydrogen-bond donors (Lipinski definition) is 3. The van der Waals surface area contributed by atoms with Crippen LogP contribution in [0.1, 0.15) is 265 Å². The van der Waals surface area contributed by atoms with E-state index in [0.29, 0.717) is 19.3 Å². The molecule has 1 rings (SSSR count). The number of carbonyl (C=O) groups excluding carboxylic acids is 3. The highest BCUT2D eigenvalue weighted by Gasteiger charge is 2.50. The third kappa shape index (κ3) is 48.9. The van der Waals surface area contributed by atoms with Crippen molar-refractivity contribution in [2.45, 2.75) is 302 Å². The van der Waals surface area contributed by atoms with Crippen LogP contribution in [0.3, 0.4) is 0 Å². The predicted octanol–water partition coefficient (Wildman–Crippen LogP) is 18.3. The molecule has 6 unspecified atom stereocenters. The van der Waals surface area contributed by atoms with Gasteiger partial charge in [0.05, 0.1) is 6.61 Å². The molecule has 12 nitrogen and oxygen atoms in total. The molecule has 0 saturated carbocycles. The number of allylic oxidation sites excluding steroid dienone is 20. The fourth-order valence-electron chi connectivity index (χ4n) is 9.44. The largest absolute Gasteiger partial charge is 0.479 e. The molecule has 0 aromatic rings. The smallest absolute Gasteiger partial charge is 0.335 e. The summed E-state index contributed by atoms with van der Waals surface area (Å²) in [5, 5.41) is 31.6. The van der Waals surface area contributed by atoms with E-state index in [1.165, 1.54) is 51.4 Å². The van der Waals surface area contributed by atoms with Crippen LogP contribution < -0.4 is 0 Å². The van der Waals surface area contributed by atoms with Crippen molar-refractivity contribution in [2.24, 2.45) is 0 Å². The van der Waals surface area contributed by atoms with Crippen LogP contribution in [0.5, 0.6) is 0 Å². The minimum Gasteiger partial charge on any atom is -0.479 e. The zero-order valence-electron chi connectivity index (χ0n) is 53.3. The van der Waals surface area contributed by atoms with Crippen LogP contribution in [0.2, 0.25) is 0 Å². The van der Waals surface area contributed by atoms with Crippen molar-refractivity contribution in [2.75, 3.05) is 13.2 Å². The zero-order chi connectivity index (χ0) is 61.7. The van der Waals surface area contributed by atoms with Gasteiger partial charge in [-0.2, -0.15) is 0 Å². The Kier molecular flexibility index (Phi) is 54.6. The lowest BCUT2D eigenvalue weighted by molar-refractivity contribution is -0.301. The first kappa shape index (κ1) is 78.1. The minimum absolute atomic E-state index is 0.0455. The molecule has 482 valence electrons. The van der Waals surface area contributed by atoms with Gasteiger partial charge in [0.2, 0.25) is 0 Å². The molecular weight excluding hydrogens is 1070 g/mol. The number of unbranched alkanes of at least 4 members (excludes halogenated alkanes) is 22. The topological polar surface area (TPSA) is 175 Å². The Morgan fingerprint density at radius 1 is 0.400 bits per heavy atom. The standard InChI is InChI=1S/C73H118O12/c1-4-7-10-13-16-19-22-25-28-31-33-36-38-41-44-47-50-53-56-59-65(74)81-62-64(83-66(75)60-57-54-51-48-45-42-39-35-30-27-24-21-18-15-12-9-6-3)63-82-73-71(69(78)68(77)70(85-73)72(79)80)84-67(76)61-58-55-52-49-46-43-40-37-34-32-29-26-23-20-17-14-11-8-5-2/h7,9-10,12,16-21,25-30,33,36,41,44,64,68-71,73,77-78H,4-6,8,11,13-15,22-24,31-32,34-35,37-40,42-43,45-63H2,1-3H3,(H,79,80)/b10-7-,12-9-,19-16-,20-17-,21-18-,28-25-,29-26-,30-27-,36-33-,44-41-. The Hall–Kier alpha value is -4.88. The summed E-state index contributed by atoms with van der Waals surface area (Å²) < 4.78 is 28.5. The number of carbonyl (C=O) groups is 4. The lowest BCUT2D eigenvalue weighted by atomic mass is 9.98. The molecule has 0 aromatic carbocycles. The fourth-order valence-corrected chi connectivity index (χ4v) is 9.44. The maximum atomic E-state index is 13.2. The first-order valence-corrected chi connectivity index (χ1v) is 33.5. The molecule has 1 aliphatic heterocycles. The molecule has 12 heteroatoms. The normalized spacial score (nSPS) is 18.2. The van der Waals surface area contributed by atoms with Crippen molar-refractivity contribution in [1.82, 2.24) is 0 Å². The summed E-state index contributed by atoms with van der Waals surface area (Å²) in [5.74, 6) is -3.19. The Balaban J connectivity index is 2.68. The quantitative estimate of drug-likeness (QED) is 0.0228. The fraction of sp³-hybridized carbons (Fsp3) is 0.671. The highest BCUT2D eigenvalue weighted by molar-refractivity contribution is 5.74. The van der Waals surface area contributed by atoms with Gasteiger partial charge < -0.3 is 39.0 Å². The Labute approximate surface area is 516 Å². The average Bonchev–Trinajstić information content (AvgIpc) is 3.51. The van der Waals surface area contributed by atoms with E-state index in [9.17, 15) is 34.5 Å². The molecule has 85 heavy (non-hydrogen) atoms. The van der Waals surface area contributed by atoms with Crippen molar-refractivity contribution in [3.05, 3.63) is 122 Å². The van der Waals surface area contributed by atoms with Crippen molar-refractivity contribution in [1.29, 1.82) is 0 Å². The first-order valence-electron chi connectivity index (χ1n) is 33.5. The number of hydrogen-bond acceptors (Lipinski definition) is 11. The second-order valence-electron chi connectivity index (χ2n) is 22.3. The molecule has 0 aromatic heterocycles. The summed E-state index contributed by atoms with van der Waals surface area (Å²) in [6.07, 6.45) is 70.0. The van der Waals surface area contributed by atoms with E-state index < -0.39 is 67.3 Å². The van der Waals surface area contributed by atoms with Gasteiger partial charge >= 0.3 is 23.9 Å². The second kappa shape index (κ2) is 59.5. The highest BCUT2D eigenvalue weighted by Crippen LogP contribution is 2.27. The van der Waals surface area contributed by atoms with Gasteiger partial charge in [-0.15, -0.1) is 0 Å². The molecule has 1 aliphatic rings. The van der Waals surface area contributed by atoms with Crippen LogP contribution in [-0.4, -0.2) is 89.2 Å². The van der Waals surface area contributed by atoms with Gasteiger partial charge in [-0.1, -0.05) is 239 Å². The minimum atomic E-state index is -1.92. The zero-order valence-corrected chi connectivity index (χ0v) is 53.3. The van der Waals surface area contributed by atoms with E-state index >= 15 is 0 Å². The molecule has 0 aliphatic carbocycles. The van der Waals surface area contributed by atoms with Crippen LogP contribution >= 0.6 is 0 Å². The molecule has 1 fully saturated rings. The van der Waals surface area contributed by atoms with Crippen LogP contribution in [0.4, 0.5) is 0 Å². The maximum Gasteiger partial charge on any atom is 0.335 e. The Morgan fingerprint density at radius 3 is 1.14 bits per heavy atom. The SMILES string of the molecule is CC/C=C\C/C=C\C/C=C\C/C=C\C/C=C\CCCCCC(=O)OCC(COC1OC(C(=O)O)C(O)C(O)C1OC(=O)CCCCCCCCCCC/C=C\C/C=C\CCCCC)OC(=O)CCCCCCCCC/C=C\C/C=C\C/C=C\CC. The van der Waals surface area contributed by atoms with Gasteiger partial charge in [-0.3, -0.25) is 14.4 Å². The molecule has 0 radical (unpaired) electrons. The molecular formula is C73H118O12. The average molecular weight is 1190 g/mol. The number of carboxylic acid groups (broad SMARTS) is 1. The third-order valence-corrected chi connectivity index (χ3v) is 14.5. The van der Waals surface area contributed by atoms with Crippen molar-refractivity contribution >= 4 is 23.9 Å². The number of aliphatic carboxylic acids is 1. The highest BCUT2D eigenvalue weighted by atomic mass is 16.7. The van der Waals surface area contributed by atoms with Crippen molar-refractivity contribution < 1.29 is 58.2 Å². The molecule has 0 bridgehead atoms. The van der Waals surface area contributed by atoms with Crippen molar-refractivity contribution in [3.63, 3.8) is 0 Å². The molecule has 1 saturated heterocycles.